The highest BCUT2D eigenvalue weighted by Gasteiger charge is 2.19. The number of hydrogen-bond donors (Lipinski definition) is 3. The third kappa shape index (κ3) is 3.18. The molecule has 1 saturated heterocycles. The molecule has 0 bridgehead atoms. The zero-order valence-electron chi connectivity index (χ0n) is 14.2. The first-order chi connectivity index (χ1) is 12.8. The zero-order chi connectivity index (χ0) is 17.9. The Bertz CT molecular complexity index is 951. The van der Waals surface area contributed by atoms with Crippen LogP contribution in [0.15, 0.2) is 36.3 Å². The van der Waals surface area contributed by atoms with E-state index in [1.807, 2.05) is 10.6 Å². The van der Waals surface area contributed by atoms with Crippen LogP contribution in [0.4, 0.5) is 10.8 Å². The summed E-state index contributed by atoms with van der Waals surface area (Å²) in [6, 6.07) is 2.12. The third-order valence-corrected chi connectivity index (χ3v) is 5.23. The lowest BCUT2D eigenvalue weighted by atomic mass is 9.95. The molecule has 0 aromatic carbocycles. The second kappa shape index (κ2) is 7.22. The number of hydrogen-bond acceptors (Lipinski definition) is 8. The van der Waals surface area contributed by atoms with Crippen LogP contribution in [-0.4, -0.2) is 38.0 Å². The Morgan fingerprint density at radius 1 is 1.42 bits per heavy atom. The van der Waals surface area contributed by atoms with Gasteiger partial charge in [0.15, 0.2) is 11.5 Å². The minimum atomic E-state index is 0.531. The highest BCUT2D eigenvalue weighted by atomic mass is 32.1. The van der Waals surface area contributed by atoms with Crippen molar-refractivity contribution >= 4 is 39.8 Å². The second-order valence-corrected chi connectivity index (χ2v) is 6.99. The first-order valence-electron chi connectivity index (χ1n) is 8.45. The molecule has 0 amide bonds. The van der Waals surface area contributed by atoms with E-state index in [2.05, 4.69) is 42.7 Å². The fourth-order valence-corrected chi connectivity index (χ4v) is 3.90. The lowest BCUT2D eigenvalue weighted by Crippen LogP contribution is -2.26. The summed E-state index contributed by atoms with van der Waals surface area (Å²) in [6.07, 6.45) is 9.06. The highest BCUT2D eigenvalue weighted by Crippen LogP contribution is 2.30. The molecule has 134 valence electrons. The van der Waals surface area contributed by atoms with E-state index in [1.165, 1.54) is 17.7 Å². The van der Waals surface area contributed by atoms with E-state index in [0.717, 1.165) is 42.3 Å². The van der Waals surface area contributed by atoms with Crippen LogP contribution in [0.1, 0.15) is 30.1 Å². The van der Waals surface area contributed by atoms with Crippen molar-refractivity contribution in [1.82, 2.24) is 24.1 Å². The van der Waals surface area contributed by atoms with Gasteiger partial charge in [0.05, 0.1) is 23.8 Å². The smallest absolute Gasteiger partial charge is 0.180 e. The summed E-state index contributed by atoms with van der Waals surface area (Å²) in [6.45, 7) is 6.07. The van der Waals surface area contributed by atoms with Gasteiger partial charge in [-0.15, -0.1) is 0 Å². The molecule has 4 heterocycles. The quantitative estimate of drug-likeness (QED) is 0.363. The molecule has 9 heteroatoms. The van der Waals surface area contributed by atoms with Gasteiger partial charge in [-0.25, -0.2) is 9.97 Å². The summed E-state index contributed by atoms with van der Waals surface area (Å²) in [5.74, 6) is 6.43. The SMILES string of the molecule is C=C(/C=N\N)c1cnc2c(Nc3cc(C4CCNCC4)ns3)nccn12. The number of nitrogens with one attached hydrogen (secondary N) is 2. The Morgan fingerprint density at radius 3 is 3.08 bits per heavy atom. The topological polar surface area (TPSA) is 106 Å². The molecule has 3 aromatic heterocycles. The third-order valence-electron chi connectivity index (χ3n) is 4.51. The van der Waals surface area contributed by atoms with E-state index in [0.29, 0.717) is 23.0 Å². The monoisotopic (exact) mass is 368 g/mol. The summed E-state index contributed by atoms with van der Waals surface area (Å²) >= 11 is 1.45. The van der Waals surface area contributed by atoms with E-state index in [1.54, 1.807) is 12.4 Å². The Labute approximate surface area is 155 Å². The Morgan fingerprint density at radius 2 is 2.27 bits per heavy atom. The summed E-state index contributed by atoms with van der Waals surface area (Å²) in [5, 5.41) is 11.2. The number of imidazole rings is 1. The first-order valence-corrected chi connectivity index (χ1v) is 9.22. The number of fused-ring (bicyclic) bond motifs is 1. The molecule has 8 nitrogen and oxygen atoms in total. The maximum absolute atomic E-state index is 5.22. The van der Waals surface area contributed by atoms with E-state index in [4.69, 9.17) is 5.84 Å². The van der Waals surface area contributed by atoms with Crippen molar-refractivity contribution in [1.29, 1.82) is 0 Å². The molecule has 0 unspecified atom stereocenters. The molecule has 0 saturated carbocycles. The van der Waals surface area contributed by atoms with Gasteiger partial charge in [-0.1, -0.05) is 6.58 Å². The molecule has 26 heavy (non-hydrogen) atoms. The van der Waals surface area contributed by atoms with Gasteiger partial charge in [0.1, 0.15) is 5.00 Å². The van der Waals surface area contributed by atoms with E-state index in [-0.39, 0.29) is 0 Å². The largest absolute Gasteiger partial charge is 0.328 e. The minimum absolute atomic E-state index is 0.531. The van der Waals surface area contributed by atoms with Crippen LogP contribution in [0.3, 0.4) is 0 Å². The molecule has 4 N–H and O–H groups in total. The first kappa shape index (κ1) is 16.7. The van der Waals surface area contributed by atoms with Crippen molar-refractivity contribution < 1.29 is 0 Å². The highest BCUT2D eigenvalue weighted by molar-refractivity contribution is 7.10. The Kier molecular flexibility index (Phi) is 4.63. The average molecular weight is 368 g/mol. The number of aromatic nitrogens is 4. The normalized spacial score (nSPS) is 15.7. The molecule has 4 rings (SSSR count). The summed E-state index contributed by atoms with van der Waals surface area (Å²) < 4.78 is 6.54. The molecule has 0 radical (unpaired) electrons. The number of nitrogens with zero attached hydrogens (tertiary/aromatic N) is 5. The van der Waals surface area contributed by atoms with E-state index < -0.39 is 0 Å². The predicted molar refractivity (Wildman–Crippen MR) is 105 cm³/mol. The lowest BCUT2D eigenvalue weighted by Gasteiger charge is -2.20. The van der Waals surface area contributed by atoms with Crippen molar-refractivity contribution in [3.8, 4) is 0 Å². The molecular formula is C17H20N8S. The van der Waals surface area contributed by atoms with Crippen LogP contribution in [0.25, 0.3) is 11.2 Å². The van der Waals surface area contributed by atoms with Crippen molar-refractivity contribution in [2.75, 3.05) is 18.4 Å². The molecule has 1 aliphatic rings. The average Bonchev–Trinajstić information content (AvgIpc) is 3.30. The van der Waals surface area contributed by atoms with E-state index in [9.17, 15) is 0 Å². The van der Waals surface area contributed by atoms with Gasteiger partial charge in [-0.05, 0) is 43.5 Å². The number of allylic oxidation sites excluding steroid dienone is 1. The van der Waals surface area contributed by atoms with Gasteiger partial charge in [-0.2, -0.15) is 9.47 Å². The maximum Gasteiger partial charge on any atom is 0.180 e. The maximum atomic E-state index is 5.22. The van der Waals surface area contributed by atoms with Crippen LogP contribution in [0, 0.1) is 0 Å². The zero-order valence-corrected chi connectivity index (χ0v) is 15.0. The molecule has 1 aliphatic heterocycles. The van der Waals surface area contributed by atoms with Gasteiger partial charge < -0.3 is 16.5 Å². The standard InChI is InChI=1S/C17H20N8S/c1-11(9-22-18)14-10-21-17-16(20-6-7-25(14)17)23-15-8-13(24-26-15)12-2-4-19-5-3-12/h6-10,12,19H,1-5,18H2,(H,20,23)/b22-9-. The second-order valence-electron chi connectivity index (χ2n) is 6.18. The molecule has 0 aliphatic carbocycles. The van der Waals surface area contributed by atoms with Crippen LogP contribution >= 0.6 is 11.5 Å². The Hall–Kier alpha value is -2.78. The van der Waals surface area contributed by atoms with Crippen molar-refractivity contribution in [3.05, 3.63) is 42.6 Å². The van der Waals surface area contributed by atoms with Crippen LogP contribution in [0.2, 0.25) is 0 Å². The number of rotatable bonds is 5. The van der Waals surface area contributed by atoms with Crippen LogP contribution in [0.5, 0.6) is 0 Å². The number of anilines is 2. The molecule has 0 atom stereocenters. The number of piperidine rings is 1. The van der Waals surface area contributed by atoms with Crippen molar-refractivity contribution in [2.45, 2.75) is 18.8 Å². The lowest BCUT2D eigenvalue weighted by molar-refractivity contribution is 0.455. The molecule has 1 fully saturated rings. The minimum Gasteiger partial charge on any atom is -0.328 e. The molecule has 0 spiro atoms. The van der Waals surface area contributed by atoms with Crippen LogP contribution in [-0.2, 0) is 0 Å². The van der Waals surface area contributed by atoms with Crippen molar-refractivity contribution in [3.63, 3.8) is 0 Å². The van der Waals surface area contributed by atoms with Gasteiger partial charge in [0.2, 0.25) is 0 Å². The fourth-order valence-electron chi connectivity index (χ4n) is 3.18. The van der Waals surface area contributed by atoms with Gasteiger partial charge in [0, 0.05) is 23.9 Å². The summed E-state index contributed by atoms with van der Waals surface area (Å²) in [7, 11) is 0. The van der Waals surface area contributed by atoms with Gasteiger partial charge >= 0.3 is 0 Å². The molecule has 3 aromatic rings. The Balaban J connectivity index is 1.60. The number of hydrazone groups is 1. The molecular weight excluding hydrogens is 348 g/mol. The van der Waals surface area contributed by atoms with E-state index >= 15 is 0 Å². The fraction of sp³-hybridized carbons (Fsp3) is 0.294. The van der Waals surface area contributed by atoms with Crippen LogP contribution < -0.4 is 16.5 Å². The summed E-state index contributed by atoms with van der Waals surface area (Å²) in [4.78, 5) is 8.89. The van der Waals surface area contributed by atoms with Gasteiger partial charge in [0.25, 0.3) is 0 Å². The van der Waals surface area contributed by atoms with Gasteiger partial charge in [-0.3, -0.25) is 4.40 Å². The van der Waals surface area contributed by atoms with Crippen molar-refractivity contribution in [2.24, 2.45) is 10.9 Å². The number of nitrogens with two attached hydrogens (primary N) is 1. The summed E-state index contributed by atoms with van der Waals surface area (Å²) in [5.41, 5.74) is 3.37. The predicted octanol–water partition coefficient (Wildman–Crippen LogP) is 2.35.